The second-order valence-electron chi connectivity index (χ2n) is 4.62. The molecule has 2 aromatic rings. The smallest absolute Gasteiger partial charge is 0.126 e. The molecule has 4 heteroatoms. The number of rotatable bonds is 5. The van der Waals surface area contributed by atoms with Crippen molar-refractivity contribution < 1.29 is 13.5 Å². The van der Waals surface area contributed by atoms with E-state index < -0.39 is 11.6 Å². The molecular formula is C16H17F2NO. The van der Waals surface area contributed by atoms with Crippen LogP contribution in [-0.4, -0.2) is 0 Å². The molecule has 0 fully saturated rings. The molecule has 2 nitrogen and oxygen atoms in total. The van der Waals surface area contributed by atoms with Crippen LogP contribution in [0.1, 0.15) is 30.5 Å². The number of para-hydroxylation sites is 1. The molecular weight excluding hydrogens is 260 g/mol. The van der Waals surface area contributed by atoms with Crippen LogP contribution in [0.5, 0.6) is 5.75 Å². The highest BCUT2D eigenvalue weighted by Crippen LogP contribution is 2.26. The largest absolute Gasteiger partial charge is 0.489 e. The second-order valence-corrected chi connectivity index (χ2v) is 4.62. The first-order valence-corrected chi connectivity index (χ1v) is 6.52. The Hall–Kier alpha value is -1.94. The molecule has 2 rings (SSSR count). The minimum absolute atomic E-state index is 0.0993. The predicted octanol–water partition coefficient (Wildman–Crippen LogP) is 3.95. The molecule has 0 aliphatic rings. The van der Waals surface area contributed by atoms with Gasteiger partial charge in [0.2, 0.25) is 0 Å². The molecule has 0 aliphatic carbocycles. The van der Waals surface area contributed by atoms with Crippen molar-refractivity contribution in [1.82, 2.24) is 0 Å². The van der Waals surface area contributed by atoms with Crippen LogP contribution in [0.3, 0.4) is 0 Å². The molecule has 2 N–H and O–H groups in total. The second kappa shape index (κ2) is 6.48. The maximum atomic E-state index is 13.1. The third kappa shape index (κ3) is 3.54. The zero-order valence-electron chi connectivity index (χ0n) is 11.3. The summed E-state index contributed by atoms with van der Waals surface area (Å²) in [6.45, 7) is 2.09. The lowest BCUT2D eigenvalue weighted by Gasteiger charge is -2.15. The Morgan fingerprint density at radius 2 is 1.75 bits per heavy atom. The van der Waals surface area contributed by atoms with E-state index in [0.29, 0.717) is 11.3 Å². The fourth-order valence-electron chi connectivity index (χ4n) is 1.99. The summed E-state index contributed by atoms with van der Waals surface area (Å²) < 4.78 is 31.8. The lowest BCUT2D eigenvalue weighted by Crippen LogP contribution is -2.10. The van der Waals surface area contributed by atoms with Gasteiger partial charge in [-0.3, -0.25) is 0 Å². The highest BCUT2D eigenvalue weighted by Gasteiger charge is 2.10. The van der Waals surface area contributed by atoms with E-state index in [1.807, 2.05) is 25.1 Å². The van der Waals surface area contributed by atoms with Crippen LogP contribution < -0.4 is 10.5 Å². The predicted molar refractivity (Wildman–Crippen MR) is 74.4 cm³/mol. The lowest BCUT2D eigenvalue weighted by atomic mass is 10.0. The summed E-state index contributed by atoms with van der Waals surface area (Å²) in [5.41, 5.74) is 7.35. The maximum Gasteiger partial charge on any atom is 0.126 e. The van der Waals surface area contributed by atoms with Crippen molar-refractivity contribution in [3.05, 3.63) is 65.2 Å². The monoisotopic (exact) mass is 277 g/mol. The molecule has 0 spiro atoms. The van der Waals surface area contributed by atoms with Gasteiger partial charge in [0.05, 0.1) is 0 Å². The summed E-state index contributed by atoms with van der Waals surface area (Å²) in [5, 5.41) is 0. The molecule has 20 heavy (non-hydrogen) atoms. The first-order chi connectivity index (χ1) is 9.60. The van der Waals surface area contributed by atoms with Gasteiger partial charge in [0.1, 0.15) is 24.0 Å². The molecule has 0 amide bonds. The third-order valence-electron chi connectivity index (χ3n) is 3.07. The zero-order chi connectivity index (χ0) is 14.5. The van der Waals surface area contributed by atoms with Crippen molar-refractivity contribution in [2.24, 2.45) is 5.73 Å². The Labute approximate surface area is 117 Å². The Morgan fingerprint density at radius 3 is 2.40 bits per heavy atom. The quantitative estimate of drug-likeness (QED) is 0.898. The van der Waals surface area contributed by atoms with Gasteiger partial charge >= 0.3 is 0 Å². The fourth-order valence-corrected chi connectivity index (χ4v) is 1.99. The van der Waals surface area contributed by atoms with Gasteiger partial charge in [0.25, 0.3) is 0 Å². The Balaban J connectivity index is 2.14. The number of ether oxygens (including phenoxy) is 1. The van der Waals surface area contributed by atoms with Gasteiger partial charge in [-0.25, -0.2) is 8.78 Å². The van der Waals surface area contributed by atoms with E-state index in [0.717, 1.165) is 18.1 Å². The van der Waals surface area contributed by atoms with E-state index in [1.54, 1.807) is 6.07 Å². The SMILES string of the molecule is CC[C@@H](N)c1ccccc1OCc1cc(F)cc(F)c1. The summed E-state index contributed by atoms with van der Waals surface area (Å²) >= 11 is 0. The molecule has 0 bridgehead atoms. The molecule has 0 aliphatic heterocycles. The van der Waals surface area contributed by atoms with Gasteiger partial charge < -0.3 is 10.5 Å². The zero-order valence-corrected chi connectivity index (χ0v) is 11.3. The Kier molecular flexibility index (Phi) is 4.69. The molecule has 0 heterocycles. The first-order valence-electron chi connectivity index (χ1n) is 6.52. The summed E-state index contributed by atoms with van der Waals surface area (Å²) in [7, 11) is 0. The van der Waals surface area contributed by atoms with E-state index in [9.17, 15) is 8.78 Å². The average Bonchev–Trinajstić information content (AvgIpc) is 2.43. The molecule has 106 valence electrons. The number of hydrogen-bond donors (Lipinski definition) is 1. The Morgan fingerprint density at radius 1 is 1.10 bits per heavy atom. The van der Waals surface area contributed by atoms with Crippen LogP contribution in [0.25, 0.3) is 0 Å². The topological polar surface area (TPSA) is 35.2 Å². The van der Waals surface area contributed by atoms with E-state index >= 15 is 0 Å². The summed E-state index contributed by atoms with van der Waals surface area (Å²) in [6, 6.07) is 10.7. The van der Waals surface area contributed by atoms with E-state index in [1.165, 1.54) is 12.1 Å². The van der Waals surface area contributed by atoms with E-state index in [4.69, 9.17) is 10.5 Å². The Bertz CT molecular complexity index is 566. The van der Waals surface area contributed by atoms with Crippen molar-refractivity contribution in [3.8, 4) is 5.75 Å². The molecule has 0 saturated heterocycles. The molecule has 0 aromatic heterocycles. The first kappa shape index (κ1) is 14.5. The lowest BCUT2D eigenvalue weighted by molar-refractivity contribution is 0.299. The maximum absolute atomic E-state index is 13.1. The van der Waals surface area contributed by atoms with Gasteiger partial charge in [-0.05, 0) is 30.2 Å². The number of benzene rings is 2. The summed E-state index contributed by atoms with van der Waals surface area (Å²) in [5.74, 6) is -0.573. The highest BCUT2D eigenvalue weighted by molar-refractivity contribution is 5.36. The molecule has 1 atom stereocenters. The van der Waals surface area contributed by atoms with E-state index in [2.05, 4.69) is 0 Å². The van der Waals surface area contributed by atoms with Crippen LogP contribution in [0.15, 0.2) is 42.5 Å². The average molecular weight is 277 g/mol. The number of nitrogens with two attached hydrogens (primary N) is 1. The summed E-state index contributed by atoms with van der Waals surface area (Å²) in [6.07, 6.45) is 0.787. The molecule has 0 saturated carbocycles. The van der Waals surface area contributed by atoms with Crippen molar-refractivity contribution >= 4 is 0 Å². The fraction of sp³-hybridized carbons (Fsp3) is 0.250. The standard InChI is InChI=1S/C16H17F2NO/c1-2-15(19)14-5-3-4-6-16(14)20-10-11-7-12(17)9-13(18)8-11/h3-9,15H,2,10,19H2,1H3/t15-/m1/s1. The number of hydrogen-bond acceptors (Lipinski definition) is 2. The minimum Gasteiger partial charge on any atom is -0.489 e. The van der Waals surface area contributed by atoms with Crippen LogP contribution in [0.4, 0.5) is 8.78 Å². The molecule has 0 unspecified atom stereocenters. The van der Waals surface area contributed by atoms with Crippen LogP contribution in [0, 0.1) is 11.6 Å². The van der Waals surface area contributed by atoms with Crippen LogP contribution in [0.2, 0.25) is 0 Å². The minimum atomic E-state index is -0.609. The molecule has 0 radical (unpaired) electrons. The van der Waals surface area contributed by atoms with Crippen molar-refractivity contribution in [1.29, 1.82) is 0 Å². The number of halogens is 2. The summed E-state index contributed by atoms with van der Waals surface area (Å²) in [4.78, 5) is 0. The van der Waals surface area contributed by atoms with Gasteiger partial charge in [0.15, 0.2) is 0 Å². The third-order valence-corrected chi connectivity index (χ3v) is 3.07. The van der Waals surface area contributed by atoms with Crippen molar-refractivity contribution in [3.63, 3.8) is 0 Å². The van der Waals surface area contributed by atoms with Gasteiger partial charge in [-0.15, -0.1) is 0 Å². The van der Waals surface area contributed by atoms with Crippen molar-refractivity contribution in [2.75, 3.05) is 0 Å². The van der Waals surface area contributed by atoms with Gasteiger partial charge in [0, 0.05) is 17.7 Å². The van der Waals surface area contributed by atoms with Crippen LogP contribution in [-0.2, 0) is 6.61 Å². The van der Waals surface area contributed by atoms with Crippen molar-refractivity contribution in [2.45, 2.75) is 26.0 Å². The van der Waals surface area contributed by atoms with Crippen LogP contribution >= 0.6 is 0 Å². The molecule has 2 aromatic carbocycles. The van der Waals surface area contributed by atoms with Gasteiger partial charge in [-0.1, -0.05) is 25.1 Å². The normalized spacial score (nSPS) is 12.2. The van der Waals surface area contributed by atoms with E-state index in [-0.39, 0.29) is 12.6 Å². The highest BCUT2D eigenvalue weighted by atomic mass is 19.1. The van der Waals surface area contributed by atoms with Gasteiger partial charge in [-0.2, -0.15) is 0 Å².